The highest BCUT2D eigenvalue weighted by atomic mass is 32.2. The summed E-state index contributed by atoms with van der Waals surface area (Å²) in [4.78, 5) is 0.00410. The van der Waals surface area contributed by atoms with Crippen LogP contribution < -0.4 is 15.8 Å². The minimum absolute atomic E-state index is 0.00410. The van der Waals surface area contributed by atoms with Gasteiger partial charge in [0.25, 0.3) is 0 Å². The smallest absolute Gasteiger partial charge is 0.361 e. The maximum Gasteiger partial charge on any atom is 0.416 e. The molecule has 8 nitrogen and oxygen atoms in total. The first-order chi connectivity index (χ1) is 18.0. The van der Waals surface area contributed by atoms with Crippen LogP contribution in [-0.4, -0.2) is 36.2 Å². The molecule has 200 valence electrons. The predicted octanol–water partition coefficient (Wildman–Crippen LogP) is 4.12. The molecule has 0 saturated heterocycles. The number of sulfonamides is 1. The van der Waals surface area contributed by atoms with E-state index in [1.54, 1.807) is 16.8 Å². The number of anilines is 1. The van der Waals surface area contributed by atoms with Crippen LogP contribution in [0.25, 0.3) is 16.9 Å². The zero-order valence-electron chi connectivity index (χ0n) is 20.1. The van der Waals surface area contributed by atoms with E-state index in [4.69, 9.17) is 10.2 Å². The lowest BCUT2D eigenvalue weighted by atomic mass is 10.1. The Morgan fingerprint density at radius 1 is 0.974 bits per heavy atom. The highest BCUT2D eigenvalue weighted by molar-refractivity contribution is 7.89. The number of aryl methyl sites for hydroxylation is 1. The Balaban J connectivity index is 1.39. The molecule has 0 fully saturated rings. The molecule has 12 heteroatoms. The van der Waals surface area contributed by atoms with Crippen LogP contribution in [-0.2, 0) is 22.6 Å². The van der Waals surface area contributed by atoms with Gasteiger partial charge in [-0.2, -0.15) is 18.3 Å². The van der Waals surface area contributed by atoms with Crippen LogP contribution in [0.4, 0.5) is 18.9 Å². The second kappa shape index (κ2) is 11.4. The molecular formula is C26H26F3N5O3S. The molecule has 0 aliphatic carbocycles. The van der Waals surface area contributed by atoms with Crippen molar-refractivity contribution in [2.75, 3.05) is 11.9 Å². The number of aromatic nitrogens is 2. The number of nitrogens with two attached hydrogens (primary N) is 1. The lowest BCUT2D eigenvalue weighted by Gasteiger charge is -2.16. The molecular weight excluding hydrogens is 519 g/mol. The van der Waals surface area contributed by atoms with Gasteiger partial charge in [0.2, 0.25) is 10.0 Å². The van der Waals surface area contributed by atoms with E-state index in [0.29, 0.717) is 30.8 Å². The number of hydrogen-bond acceptors (Lipinski definition) is 6. The molecule has 4 aromatic rings. The van der Waals surface area contributed by atoms with Gasteiger partial charge in [0.15, 0.2) is 6.35 Å². The molecule has 3 aromatic carbocycles. The van der Waals surface area contributed by atoms with Crippen LogP contribution >= 0.6 is 0 Å². The Labute approximate surface area is 218 Å². The Kier molecular flexibility index (Phi) is 8.17. The minimum Gasteiger partial charge on any atom is -0.361 e. The van der Waals surface area contributed by atoms with Crippen molar-refractivity contribution in [3.05, 3.63) is 96.2 Å². The number of nitrogens with zero attached hydrogens (tertiary/aromatic N) is 2. The summed E-state index contributed by atoms with van der Waals surface area (Å²) >= 11 is 0. The Morgan fingerprint density at radius 3 is 2.24 bits per heavy atom. The van der Waals surface area contributed by atoms with Gasteiger partial charge in [-0.1, -0.05) is 30.3 Å². The van der Waals surface area contributed by atoms with Crippen molar-refractivity contribution in [3.8, 4) is 16.9 Å². The second-order valence-corrected chi connectivity index (χ2v) is 10.1. The third-order valence-electron chi connectivity index (χ3n) is 5.70. The summed E-state index contributed by atoms with van der Waals surface area (Å²) in [6, 6.07) is 22.1. The SMILES string of the molecule is NS(=O)(=O)c1ccc(-n2nc(CCCNC(O)Nc3ccc(C(F)(F)F)cc3)cc2-c2ccccc2)cc1. The maximum absolute atomic E-state index is 12.7. The lowest BCUT2D eigenvalue weighted by Crippen LogP contribution is -2.36. The molecule has 0 spiro atoms. The van der Waals surface area contributed by atoms with E-state index >= 15 is 0 Å². The molecule has 1 unspecified atom stereocenters. The van der Waals surface area contributed by atoms with Crippen molar-refractivity contribution < 1.29 is 26.7 Å². The van der Waals surface area contributed by atoms with Gasteiger partial charge in [0.1, 0.15) is 0 Å². The fraction of sp³-hybridized carbons (Fsp3) is 0.192. The number of benzene rings is 3. The zero-order valence-corrected chi connectivity index (χ0v) is 20.9. The highest BCUT2D eigenvalue weighted by Crippen LogP contribution is 2.30. The number of primary sulfonamides is 1. The summed E-state index contributed by atoms with van der Waals surface area (Å²) in [7, 11) is -3.82. The van der Waals surface area contributed by atoms with Crippen molar-refractivity contribution in [2.45, 2.75) is 30.3 Å². The summed E-state index contributed by atoms with van der Waals surface area (Å²) in [6.45, 7) is 0.408. The Bertz CT molecular complexity index is 1460. The normalized spacial score (nSPS) is 12.9. The lowest BCUT2D eigenvalue weighted by molar-refractivity contribution is -0.137. The number of hydrogen-bond donors (Lipinski definition) is 4. The molecule has 0 amide bonds. The van der Waals surface area contributed by atoms with E-state index < -0.39 is 28.1 Å². The third-order valence-corrected chi connectivity index (χ3v) is 6.63. The molecule has 1 aromatic heterocycles. The molecule has 4 rings (SSSR count). The number of rotatable bonds is 10. The zero-order chi connectivity index (χ0) is 27.3. The van der Waals surface area contributed by atoms with Gasteiger partial charge in [-0.15, -0.1) is 0 Å². The molecule has 0 aliphatic rings. The number of aliphatic hydroxyl groups is 1. The maximum atomic E-state index is 12.7. The van der Waals surface area contributed by atoms with Crippen LogP contribution in [0.15, 0.2) is 89.8 Å². The largest absolute Gasteiger partial charge is 0.416 e. The predicted molar refractivity (Wildman–Crippen MR) is 138 cm³/mol. The number of halogens is 3. The van der Waals surface area contributed by atoms with Crippen molar-refractivity contribution in [2.24, 2.45) is 5.14 Å². The Hall–Kier alpha value is -3.71. The van der Waals surface area contributed by atoms with E-state index in [1.165, 1.54) is 24.3 Å². The van der Waals surface area contributed by atoms with Crippen LogP contribution in [0, 0.1) is 0 Å². The Morgan fingerprint density at radius 2 is 1.63 bits per heavy atom. The quantitative estimate of drug-likeness (QED) is 0.176. The van der Waals surface area contributed by atoms with Gasteiger partial charge in [-0.3, -0.25) is 5.32 Å². The number of nitrogens with one attached hydrogen (secondary N) is 2. The first kappa shape index (κ1) is 27.3. The van der Waals surface area contributed by atoms with E-state index in [9.17, 15) is 26.7 Å². The van der Waals surface area contributed by atoms with E-state index in [-0.39, 0.29) is 4.90 Å². The van der Waals surface area contributed by atoms with Gasteiger partial charge in [-0.05, 0) is 74.0 Å². The molecule has 38 heavy (non-hydrogen) atoms. The van der Waals surface area contributed by atoms with Crippen LogP contribution in [0.5, 0.6) is 0 Å². The molecule has 0 aliphatic heterocycles. The molecule has 0 bridgehead atoms. The standard InChI is InChI=1S/C26H26F3N5O3S/c27-26(28,29)19-8-10-20(11-9-19)32-25(35)31-16-4-7-21-17-24(18-5-2-1-3-6-18)34(33-21)22-12-14-23(15-13-22)38(30,36)37/h1-3,5-6,8-15,17,25,31-32,35H,4,7,16H2,(H2,30,36,37). The minimum atomic E-state index is -4.42. The van der Waals surface area contributed by atoms with Crippen LogP contribution in [0.2, 0.25) is 0 Å². The average Bonchev–Trinajstić information content (AvgIpc) is 3.31. The van der Waals surface area contributed by atoms with E-state index in [2.05, 4.69) is 10.6 Å². The molecule has 0 radical (unpaired) electrons. The first-order valence-corrected chi connectivity index (χ1v) is 13.2. The fourth-order valence-corrected chi connectivity index (χ4v) is 4.33. The van der Waals surface area contributed by atoms with Gasteiger partial charge in [-0.25, -0.2) is 18.2 Å². The van der Waals surface area contributed by atoms with Gasteiger partial charge >= 0.3 is 6.18 Å². The second-order valence-electron chi connectivity index (χ2n) is 8.52. The molecule has 0 saturated carbocycles. The number of alkyl halides is 3. The van der Waals surface area contributed by atoms with Crippen molar-refractivity contribution >= 4 is 15.7 Å². The summed E-state index contributed by atoms with van der Waals surface area (Å²) in [6.07, 6.45) is -4.39. The third kappa shape index (κ3) is 6.98. The molecule has 1 atom stereocenters. The van der Waals surface area contributed by atoms with E-state index in [1.807, 2.05) is 36.4 Å². The summed E-state index contributed by atoms with van der Waals surface area (Å²) < 4.78 is 63.0. The van der Waals surface area contributed by atoms with Crippen LogP contribution in [0.1, 0.15) is 17.7 Å². The number of aliphatic hydroxyl groups excluding tert-OH is 1. The van der Waals surface area contributed by atoms with E-state index in [0.717, 1.165) is 29.1 Å². The monoisotopic (exact) mass is 545 g/mol. The average molecular weight is 546 g/mol. The van der Waals surface area contributed by atoms with Gasteiger partial charge in [0.05, 0.1) is 27.5 Å². The fourth-order valence-electron chi connectivity index (χ4n) is 3.81. The van der Waals surface area contributed by atoms with Crippen molar-refractivity contribution in [1.82, 2.24) is 15.1 Å². The molecule has 1 heterocycles. The summed E-state index contributed by atoms with van der Waals surface area (Å²) in [5, 5.41) is 25.6. The highest BCUT2D eigenvalue weighted by Gasteiger charge is 2.30. The van der Waals surface area contributed by atoms with Crippen molar-refractivity contribution in [3.63, 3.8) is 0 Å². The van der Waals surface area contributed by atoms with Gasteiger partial charge in [0, 0.05) is 11.3 Å². The van der Waals surface area contributed by atoms with Crippen molar-refractivity contribution in [1.29, 1.82) is 0 Å². The van der Waals surface area contributed by atoms with Gasteiger partial charge < -0.3 is 10.4 Å². The first-order valence-electron chi connectivity index (χ1n) is 11.6. The summed E-state index contributed by atoms with van der Waals surface area (Å²) in [5.41, 5.74) is 2.78. The molecule has 5 N–H and O–H groups in total. The summed E-state index contributed by atoms with van der Waals surface area (Å²) in [5.74, 6) is 0. The van der Waals surface area contributed by atoms with Crippen LogP contribution in [0.3, 0.4) is 0 Å². The topological polar surface area (TPSA) is 122 Å².